The molecule has 0 unspecified atom stereocenters. The van der Waals surface area contributed by atoms with Gasteiger partial charge < -0.3 is 31.6 Å². The Labute approximate surface area is 218 Å². The number of nitrogens with two attached hydrogens (primary N) is 1. The lowest BCUT2D eigenvalue weighted by atomic mass is 10.0. The van der Waals surface area contributed by atoms with Crippen LogP contribution in [0.4, 0.5) is 5.13 Å². The van der Waals surface area contributed by atoms with E-state index in [-0.39, 0.29) is 22.3 Å². The molecule has 3 atom stereocenters. The van der Waals surface area contributed by atoms with Gasteiger partial charge in [0, 0.05) is 47.4 Å². The number of carboxylic acids is 1. The smallest absolute Gasteiger partial charge is 0.352 e. The molecule has 14 nitrogen and oxygen atoms in total. The van der Waals surface area contributed by atoms with Crippen LogP contribution in [0.1, 0.15) is 24.1 Å². The number of nitrogens with zero attached hydrogens (tertiary/aromatic N) is 5. The molecule has 0 spiro atoms. The number of carbonyl (C=O) groups excluding carboxylic acids is 3. The number of hydrogen-bond acceptors (Lipinski definition) is 12. The molecule has 0 aliphatic carbocycles. The molecular formula is C20H22N8O6S2. The van der Waals surface area contributed by atoms with Crippen molar-refractivity contribution in [3.63, 3.8) is 0 Å². The number of aromatic nitrogens is 2. The standard InChI is InChI=1S/C20H22N8O6S2/c21-20-24-14(26-36-20)11(25-34)15(29)23-12-17(31)28-13(19(32)33)9(7-35-18(12)28)5-8-2-4-27(16(8)30)10-1-3-22-6-10/h5,10,12,18,22,34H,1-4,6-7H2,(H,23,29)(H,32,33)(H2,21,24,26)/b8-5+,25-11+/t10-,12-,18-/m1/s1/i2D2,4D2. The lowest BCUT2D eigenvalue weighted by Gasteiger charge is -2.49. The van der Waals surface area contributed by atoms with Crippen molar-refractivity contribution >= 4 is 57.8 Å². The molecule has 4 aliphatic rings. The molecule has 0 saturated carbocycles. The largest absolute Gasteiger partial charge is 0.477 e. The van der Waals surface area contributed by atoms with Gasteiger partial charge in [-0.2, -0.15) is 9.36 Å². The average Bonchev–Trinajstić information content (AvgIpc) is 3.59. The number of aliphatic carboxylic acids is 1. The molecular weight excluding hydrogens is 512 g/mol. The van der Waals surface area contributed by atoms with Gasteiger partial charge in [0.1, 0.15) is 17.1 Å². The van der Waals surface area contributed by atoms with E-state index in [9.17, 15) is 29.5 Å². The van der Waals surface area contributed by atoms with Crippen molar-refractivity contribution in [2.75, 3.05) is 31.1 Å². The minimum atomic E-state index is -2.77. The quantitative estimate of drug-likeness (QED) is 0.0932. The SMILES string of the molecule is [2H]C1([2H])/C(=C\C2=C(C(=O)O)N3C(=O)[C@@H](NC(=O)/C(=N/O)c4nsc(N)n4)[C@H]3SC2)C(=O)N([C@@H]2CCNC2)C1([2H])[2H]. The first-order valence-corrected chi connectivity index (χ1v) is 12.4. The Kier molecular flexibility index (Phi) is 5.20. The minimum absolute atomic E-state index is 0.0109. The number of thioether (sulfide) groups is 1. The van der Waals surface area contributed by atoms with Gasteiger partial charge in [-0.25, -0.2) is 4.79 Å². The highest BCUT2D eigenvalue weighted by Crippen LogP contribution is 2.41. The van der Waals surface area contributed by atoms with Crippen molar-refractivity contribution in [2.24, 2.45) is 5.16 Å². The highest BCUT2D eigenvalue weighted by Gasteiger charge is 2.54. The number of likely N-dealkylation sites (tertiary alicyclic amines) is 1. The van der Waals surface area contributed by atoms with E-state index >= 15 is 0 Å². The maximum Gasteiger partial charge on any atom is 0.352 e. The molecule has 0 aromatic carbocycles. The summed E-state index contributed by atoms with van der Waals surface area (Å²) in [5.74, 6) is -4.58. The molecule has 0 bridgehead atoms. The molecule has 0 radical (unpaired) electrons. The highest BCUT2D eigenvalue weighted by atomic mass is 32.2. The number of β-lactam (4-membered cyclic amide) rings is 1. The van der Waals surface area contributed by atoms with Crippen molar-refractivity contribution in [3.05, 3.63) is 28.7 Å². The normalized spacial score (nSPS) is 31.9. The number of nitrogens with one attached hydrogen (secondary N) is 2. The Balaban J connectivity index is 1.42. The van der Waals surface area contributed by atoms with Crippen LogP contribution in [-0.4, -0.2) is 102 Å². The summed E-state index contributed by atoms with van der Waals surface area (Å²) in [7, 11) is 0. The van der Waals surface area contributed by atoms with Crippen molar-refractivity contribution in [1.29, 1.82) is 0 Å². The van der Waals surface area contributed by atoms with E-state index < -0.39 is 71.0 Å². The number of carbonyl (C=O) groups is 4. The molecule has 36 heavy (non-hydrogen) atoms. The van der Waals surface area contributed by atoms with Crippen LogP contribution < -0.4 is 16.4 Å². The van der Waals surface area contributed by atoms with E-state index in [1.165, 1.54) is 0 Å². The topological polar surface area (TPSA) is 203 Å². The highest BCUT2D eigenvalue weighted by molar-refractivity contribution is 8.00. The third-order valence-electron chi connectivity index (χ3n) is 5.93. The summed E-state index contributed by atoms with van der Waals surface area (Å²) in [5.41, 5.74) is 3.78. The van der Waals surface area contributed by atoms with Gasteiger partial charge in [0.05, 0.1) is 0 Å². The van der Waals surface area contributed by atoms with Crippen molar-refractivity contribution in [1.82, 2.24) is 29.8 Å². The third kappa shape index (κ3) is 4.10. The number of carboxylic acid groups (broad SMARTS) is 1. The fourth-order valence-corrected chi connectivity index (χ4v) is 5.97. The molecule has 4 aliphatic heterocycles. The van der Waals surface area contributed by atoms with E-state index in [4.69, 9.17) is 11.2 Å². The van der Waals surface area contributed by atoms with Crippen LogP contribution in [-0.2, 0) is 19.2 Å². The summed E-state index contributed by atoms with van der Waals surface area (Å²) < 4.78 is 37.4. The first-order valence-electron chi connectivity index (χ1n) is 12.6. The maximum absolute atomic E-state index is 13.3. The Morgan fingerprint density at radius 1 is 1.39 bits per heavy atom. The fourth-order valence-electron chi connectivity index (χ4n) is 4.23. The van der Waals surface area contributed by atoms with Crippen LogP contribution in [0.5, 0.6) is 0 Å². The number of allylic oxidation sites excluding steroid dienone is 1. The summed E-state index contributed by atoms with van der Waals surface area (Å²) in [6.45, 7) is -1.86. The number of anilines is 1. The molecule has 5 rings (SSSR count). The summed E-state index contributed by atoms with van der Waals surface area (Å²) in [5, 5.41) is 26.6. The molecule has 3 amide bonds. The van der Waals surface area contributed by atoms with Gasteiger partial charge in [-0.05, 0) is 31.0 Å². The van der Waals surface area contributed by atoms with Crippen LogP contribution in [0.15, 0.2) is 28.1 Å². The predicted molar refractivity (Wildman–Crippen MR) is 128 cm³/mol. The molecule has 16 heteroatoms. The molecule has 6 N–H and O–H groups in total. The molecule has 3 saturated heterocycles. The second kappa shape index (κ2) is 9.51. The van der Waals surface area contributed by atoms with Gasteiger partial charge in [-0.15, -0.1) is 11.8 Å². The van der Waals surface area contributed by atoms with Gasteiger partial charge in [-0.3, -0.25) is 19.3 Å². The monoisotopic (exact) mass is 538 g/mol. The molecule has 1 aromatic heterocycles. The summed E-state index contributed by atoms with van der Waals surface area (Å²) in [6.07, 6.45) is -1.32. The second-order valence-corrected chi connectivity index (χ2v) is 9.95. The number of oxime groups is 1. The van der Waals surface area contributed by atoms with Crippen LogP contribution >= 0.6 is 23.3 Å². The average molecular weight is 539 g/mol. The van der Waals surface area contributed by atoms with Gasteiger partial charge in [0.2, 0.25) is 17.4 Å². The van der Waals surface area contributed by atoms with Crippen molar-refractivity contribution < 1.29 is 35.0 Å². The van der Waals surface area contributed by atoms with Crippen molar-refractivity contribution in [3.8, 4) is 0 Å². The van der Waals surface area contributed by atoms with E-state index in [0.717, 1.165) is 39.2 Å². The Morgan fingerprint density at radius 2 is 2.19 bits per heavy atom. The lowest BCUT2D eigenvalue weighted by molar-refractivity contribution is -0.150. The van der Waals surface area contributed by atoms with Gasteiger partial charge >= 0.3 is 5.97 Å². The van der Waals surface area contributed by atoms with Crippen molar-refractivity contribution in [2.45, 2.75) is 30.3 Å². The van der Waals surface area contributed by atoms with Gasteiger partial charge in [0.15, 0.2) is 5.13 Å². The first-order chi connectivity index (χ1) is 18.8. The van der Waals surface area contributed by atoms with Crippen LogP contribution in [0.2, 0.25) is 0 Å². The Hall–Kier alpha value is -3.50. The van der Waals surface area contributed by atoms with Crippen LogP contribution in [0.25, 0.3) is 0 Å². The first kappa shape index (κ1) is 19.7. The van der Waals surface area contributed by atoms with Gasteiger partial charge in [-0.1, -0.05) is 5.16 Å². The Bertz CT molecular complexity index is 1410. The number of hydrogen-bond donors (Lipinski definition) is 5. The minimum Gasteiger partial charge on any atom is -0.477 e. The zero-order valence-electron chi connectivity index (χ0n) is 22.3. The van der Waals surface area contributed by atoms with Crippen LogP contribution in [0.3, 0.4) is 0 Å². The summed E-state index contributed by atoms with van der Waals surface area (Å²) >= 11 is 1.80. The number of fused-ring (bicyclic) bond motifs is 1. The van der Waals surface area contributed by atoms with E-state index in [1.807, 2.05) is 0 Å². The summed E-state index contributed by atoms with van der Waals surface area (Å²) in [4.78, 5) is 56.7. The zero-order chi connectivity index (χ0) is 29.1. The number of amides is 3. The Morgan fingerprint density at radius 3 is 2.83 bits per heavy atom. The van der Waals surface area contributed by atoms with E-state index in [1.54, 1.807) is 0 Å². The summed E-state index contributed by atoms with van der Waals surface area (Å²) in [6, 6.07) is -1.78. The molecule has 1 aromatic rings. The number of rotatable bonds is 6. The second-order valence-electron chi connectivity index (χ2n) is 8.06. The predicted octanol–water partition coefficient (Wildman–Crippen LogP) is -1.44. The van der Waals surface area contributed by atoms with Gasteiger partial charge in [0.25, 0.3) is 11.8 Å². The molecule has 3 fully saturated rings. The van der Waals surface area contributed by atoms with E-state index in [0.29, 0.717) is 19.5 Å². The maximum atomic E-state index is 13.3. The van der Waals surface area contributed by atoms with Crippen LogP contribution in [0, 0.1) is 0 Å². The zero-order valence-corrected chi connectivity index (χ0v) is 19.9. The number of nitrogen functional groups attached to an aromatic ring is 1. The molecule has 5 heterocycles. The third-order valence-corrected chi connectivity index (χ3v) is 7.78. The fraction of sp³-hybridized carbons (Fsp3) is 0.450. The lowest BCUT2D eigenvalue weighted by Crippen LogP contribution is -2.71. The van der Waals surface area contributed by atoms with E-state index in [2.05, 4.69) is 25.1 Å². The molecule has 190 valence electrons.